The fourth-order valence-electron chi connectivity index (χ4n) is 3.50. The highest BCUT2D eigenvalue weighted by atomic mass is 35.5. The molecule has 0 atom stereocenters. The van der Waals surface area contributed by atoms with Crippen molar-refractivity contribution in [1.29, 1.82) is 5.26 Å². The van der Waals surface area contributed by atoms with E-state index in [1.54, 1.807) is 23.9 Å². The lowest BCUT2D eigenvalue weighted by Gasteiger charge is -2.09. The maximum atomic E-state index is 12.3. The van der Waals surface area contributed by atoms with Crippen molar-refractivity contribution in [3.63, 3.8) is 0 Å². The first kappa shape index (κ1) is 23.8. The molecule has 0 aliphatic rings. The lowest BCUT2D eigenvalue weighted by atomic mass is 10.1. The second-order valence-electron chi connectivity index (χ2n) is 7.65. The number of nitriles is 1. The largest absolute Gasteiger partial charge is 0.489 e. The zero-order valence-electron chi connectivity index (χ0n) is 19.1. The van der Waals surface area contributed by atoms with Crippen molar-refractivity contribution in [2.24, 2.45) is 0 Å². The maximum absolute atomic E-state index is 12.3. The summed E-state index contributed by atoms with van der Waals surface area (Å²) in [6.07, 6.45) is 3.36. The van der Waals surface area contributed by atoms with Gasteiger partial charge in [-0.25, -0.2) is 4.68 Å². The molecule has 7 heteroatoms. The Balaban J connectivity index is 1.72. The number of hydrogen-bond acceptors (Lipinski definition) is 4. The molecule has 1 amide bonds. The van der Waals surface area contributed by atoms with Gasteiger partial charge in [0.15, 0.2) is 0 Å². The van der Waals surface area contributed by atoms with Gasteiger partial charge in [-0.1, -0.05) is 60.1 Å². The fraction of sp³-hybridized carbons (Fsp3) is 0.107. The van der Waals surface area contributed by atoms with Crippen molar-refractivity contribution in [2.45, 2.75) is 13.5 Å². The Hall–Kier alpha value is -4.34. The van der Waals surface area contributed by atoms with E-state index in [1.165, 1.54) is 0 Å². The Bertz CT molecular complexity index is 1400. The molecule has 0 saturated heterocycles. The van der Waals surface area contributed by atoms with Gasteiger partial charge in [0.2, 0.25) is 0 Å². The number of ether oxygens (including phenoxy) is 1. The van der Waals surface area contributed by atoms with Crippen molar-refractivity contribution >= 4 is 23.6 Å². The number of rotatable bonds is 8. The second kappa shape index (κ2) is 11.2. The highest BCUT2D eigenvalue weighted by molar-refractivity contribution is 6.31. The average molecular weight is 483 g/mol. The topological polar surface area (TPSA) is 79.9 Å². The van der Waals surface area contributed by atoms with Crippen molar-refractivity contribution in [3.05, 3.63) is 107 Å². The van der Waals surface area contributed by atoms with Crippen LogP contribution in [0.3, 0.4) is 0 Å². The zero-order valence-corrected chi connectivity index (χ0v) is 19.9. The van der Waals surface area contributed by atoms with Gasteiger partial charge in [-0.3, -0.25) is 4.79 Å². The fourth-order valence-corrected chi connectivity index (χ4v) is 3.69. The predicted molar refractivity (Wildman–Crippen MR) is 137 cm³/mol. The van der Waals surface area contributed by atoms with Gasteiger partial charge in [0.1, 0.15) is 29.7 Å². The zero-order chi connectivity index (χ0) is 24.6. The summed E-state index contributed by atoms with van der Waals surface area (Å²) in [6.45, 7) is 2.56. The van der Waals surface area contributed by atoms with Gasteiger partial charge in [-0.2, -0.15) is 10.4 Å². The molecule has 0 spiro atoms. The quantitative estimate of drug-likeness (QED) is 0.253. The Morgan fingerprint density at radius 2 is 1.89 bits per heavy atom. The van der Waals surface area contributed by atoms with E-state index in [0.29, 0.717) is 35.2 Å². The van der Waals surface area contributed by atoms with E-state index >= 15 is 0 Å². The number of amides is 1. The molecule has 1 heterocycles. The Morgan fingerprint density at radius 1 is 1.11 bits per heavy atom. The number of aromatic nitrogens is 2. The smallest absolute Gasteiger partial charge is 0.261 e. The Labute approximate surface area is 209 Å². The van der Waals surface area contributed by atoms with Crippen molar-refractivity contribution in [2.75, 3.05) is 6.54 Å². The van der Waals surface area contributed by atoms with E-state index in [9.17, 15) is 10.1 Å². The standard InChI is InChI=1S/C28H23ClN4O2/c1-2-31-28(34)22(17-30)15-23-18-33(24-11-4-3-5-12-24)32-27(23)20-10-8-13-25(16-20)35-19-21-9-6-7-14-26(21)29/h3-16,18H,2,19H2,1H3,(H,31,34). The maximum Gasteiger partial charge on any atom is 0.261 e. The number of carbonyl (C=O) groups excluding carboxylic acids is 1. The van der Waals surface area contributed by atoms with Crippen molar-refractivity contribution < 1.29 is 9.53 Å². The van der Waals surface area contributed by atoms with Crippen LogP contribution in [0.25, 0.3) is 23.0 Å². The molecule has 0 radical (unpaired) electrons. The molecule has 6 nitrogen and oxygen atoms in total. The predicted octanol–water partition coefficient (Wildman–Crippen LogP) is 5.81. The van der Waals surface area contributed by atoms with Crippen LogP contribution in [0.2, 0.25) is 5.02 Å². The molecule has 35 heavy (non-hydrogen) atoms. The van der Waals surface area contributed by atoms with Crippen molar-refractivity contribution in [1.82, 2.24) is 15.1 Å². The van der Waals surface area contributed by atoms with Crippen LogP contribution in [0, 0.1) is 11.3 Å². The number of hydrogen-bond donors (Lipinski definition) is 1. The van der Waals surface area contributed by atoms with E-state index in [0.717, 1.165) is 16.8 Å². The molecule has 3 aromatic carbocycles. The van der Waals surface area contributed by atoms with E-state index in [1.807, 2.05) is 84.9 Å². The number of nitrogens with zero attached hydrogens (tertiary/aromatic N) is 3. The van der Waals surface area contributed by atoms with Gasteiger partial charge >= 0.3 is 0 Å². The number of benzene rings is 3. The minimum Gasteiger partial charge on any atom is -0.489 e. The van der Waals surface area contributed by atoms with Crippen LogP contribution >= 0.6 is 11.6 Å². The lowest BCUT2D eigenvalue weighted by molar-refractivity contribution is -0.116. The molecule has 0 aliphatic carbocycles. The van der Waals surface area contributed by atoms with E-state index in [4.69, 9.17) is 21.4 Å². The van der Waals surface area contributed by atoms with Crippen LogP contribution in [0.5, 0.6) is 5.75 Å². The molecular formula is C28H23ClN4O2. The normalized spacial score (nSPS) is 11.1. The van der Waals surface area contributed by atoms with Crippen LogP contribution in [-0.4, -0.2) is 22.2 Å². The first-order chi connectivity index (χ1) is 17.1. The Morgan fingerprint density at radius 3 is 2.63 bits per heavy atom. The number of para-hydroxylation sites is 1. The molecular weight excluding hydrogens is 460 g/mol. The lowest BCUT2D eigenvalue weighted by Crippen LogP contribution is -2.23. The molecule has 4 aromatic rings. The van der Waals surface area contributed by atoms with Crippen molar-refractivity contribution in [3.8, 4) is 28.8 Å². The Kier molecular flexibility index (Phi) is 7.61. The number of carbonyl (C=O) groups is 1. The van der Waals surface area contributed by atoms with Gasteiger partial charge < -0.3 is 10.1 Å². The number of halogens is 1. The molecule has 0 bridgehead atoms. The van der Waals surface area contributed by atoms with E-state index < -0.39 is 5.91 Å². The third kappa shape index (κ3) is 5.78. The van der Waals surface area contributed by atoms with Gasteiger partial charge in [-0.15, -0.1) is 0 Å². The van der Waals surface area contributed by atoms with Crippen LogP contribution in [0.4, 0.5) is 0 Å². The third-order valence-electron chi connectivity index (χ3n) is 5.23. The highest BCUT2D eigenvalue weighted by Crippen LogP contribution is 2.29. The summed E-state index contributed by atoms with van der Waals surface area (Å²) in [5, 5.41) is 17.7. The van der Waals surface area contributed by atoms with Crippen LogP contribution in [-0.2, 0) is 11.4 Å². The minimum atomic E-state index is -0.426. The highest BCUT2D eigenvalue weighted by Gasteiger charge is 2.15. The monoisotopic (exact) mass is 482 g/mol. The van der Waals surface area contributed by atoms with Crippen LogP contribution in [0.1, 0.15) is 18.1 Å². The third-order valence-corrected chi connectivity index (χ3v) is 5.59. The summed E-state index contributed by atoms with van der Waals surface area (Å²) in [6, 6.07) is 26.7. The SMILES string of the molecule is CCNC(=O)C(C#N)=Cc1cn(-c2ccccc2)nc1-c1cccc(OCc2ccccc2Cl)c1. The molecule has 0 aliphatic heterocycles. The summed E-state index contributed by atoms with van der Waals surface area (Å²) in [5.74, 6) is 0.223. The molecule has 1 N–H and O–H groups in total. The molecule has 1 aromatic heterocycles. The van der Waals surface area contributed by atoms with Gasteiger partial charge in [0.25, 0.3) is 5.91 Å². The second-order valence-corrected chi connectivity index (χ2v) is 8.06. The van der Waals surface area contributed by atoms with Crippen LogP contribution < -0.4 is 10.1 Å². The van der Waals surface area contributed by atoms with E-state index in [-0.39, 0.29) is 5.57 Å². The summed E-state index contributed by atoms with van der Waals surface area (Å²) >= 11 is 6.25. The summed E-state index contributed by atoms with van der Waals surface area (Å²) < 4.78 is 7.72. The van der Waals surface area contributed by atoms with Gasteiger partial charge in [-0.05, 0) is 43.3 Å². The van der Waals surface area contributed by atoms with Gasteiger partial charge in [0.05, 0.1) is 5.69 Å². The van der Waals surface area contributed by atoms with E-state index in [2.05, 4.69) is 5.32 Å². The first-order valence-electron chi connectivity index (χ1n) is 11.1. The van der Waals surface area contributed by atoms with Crippen LogP contribution in [0.15, 0.2) is 90.6 Å². The van der Waals surface area contributed by atoms with Gasteiger partial charge in [0, 0.05) is 34.5 Å². The molecule has 4 rings (SSSR count). The molecule has 174 valence electrons. The summed E-state index contributed by atoms with van der Waals surface area (Å²) in [7, 11) is 0. The summed E-state index contributed by atoms with van der Waals surface area (Å²) in [5.41, 5.74) is 3.80. The summed E-state index contributed by atoms with van der Waals surface area (Å²) in [4.78, 5) is 12.3. The number of nitrogens with one attached hydrogen (secondary N) is 1. The molecule has 0 fully saturated rings. The number of likely N-dealkylation sites (N-methyl/N-ethyl adjacent to an activating group) is 1. The average Bonchev–Trinajstić information content (AvgIpc) is 3.31. The molecule has 0 unspecified atom stereocenters. The first-order valence-corrected chi connectivity index (χ1v) is 11.5. The minimum absolute atomic E-state index is 0.00633. The molecule has 0 saturated carbocycles.